The Hall–Kier alpha value is -2.99. The lowest BCUT2D eigenvalue weighted by Gasteiger charge is -2.02. The third kappa shape index (κ3) is 3.92. The average molecular weight is 350 g/mol. The number of rotatable bonds is 5. The molecule has 3 aromatic rings. The third-order valence-corrected chi connectivity index (χ3v) is 3.87. The predicted octanol–water partition coefficient (Wildman–Crippen LogP) is 4.47. The van der Waals surface area contributed by atoms with Crippen molar-refractivity contribution in [3.8, 4) is 17.1 Å². The molecule has 0 bridgehead atoms. The number of benzene rings is 2. The fourth-order valence-electron chi connectivity index (χ4n) is 2.43. The summed E-state index contributed by atoms with van der Waals surface area (Å²) < 4.78 is 7.37. The molecule has 0 atom stereocenters. The smallest absolute Gasteiger partial charge is 0.216 e. The number of aryl methyl sites for hydroxylation is 1. The van der Waals surface area contributed by atoms with Gasteiger partial charge in [-0.1, -0.05) is 42.0 Å². The molecule has 1 N–H and O–H groups in total. The van der Waals surface area contributed by atoms with Gasteiger partial charge in [0.15, 0.2) is 5.82 Å². The fourth-order valence-corrected chi connectivity index (χ4v) is 2.61. The number of allylic oxidation sites excluding steroid dienone is 1. The van der Waals surface area contributed by atoms with Crippen molar-refractivity contribution in [1.29, 1.82) is 0 Å². The Balaban J connectivity index is 1.86. The van der Waals surface area contributed by atoms with E-state index in [1.807, 2.05) is 67.6 Å². The molecule has 0 fully saturated rings. The van der Waals surface area contributed by atoms with Crippen LogP contribution in [0.3, 0.4) is 0 Å². The van der Waals surface area contributed by atoms with E-state index < -0.39 is 0 Å². The largest absolute Gasteiger partial charge is 0.496 e. The van der Waals surface area contributed by atoms with Gasteiger partial charge < -0.3 is 4.74 Å². The van der Waals surface area contributed by atoms with Crippen LogP contribution in [0.2, 0.25) is 0 Å². The molecule has 1 aromatic heterocycles. The highest BCUT2D eigenvalue weighted by Crippen LogP contribution is 2.19. The lowest BCUT2D eigenvalue weighted by Crippen LogP contribution is -1.94. The molecule has 0 radical (unpaired) electrons. The summed E-state index contributed by atoms with van der Waals surface area (Å²) in [5, 5.41) is 11.5. The van der Waals surface area contributed by atoms with Gasteiger partial charge in [-0.2, -0.15) is 14.9 Å². The van der Waals surface area contributed by atoms with Crippen LogP contribution in [-0.2, 0) is 0 Å². The number of hydrogen-bond donors (Lipinski definition) is 1. The van der Waals surface area contributed by atoms with Gasteiger partial charge in [0.2, 0.25) is 4.77 Å². The van der Waals surface area contributed by atoms with Crippen LogP contribution in [0.5, 0.6) is 5.75 Å². The Bertz CT molecular complexity index is 985. The molecule has 5 nitrogen and oxygen atoms in total. The van der Waals surface area contributed by atoms with Crippen LogP contribution in [0.25, 0.3) is 17.5 Å². The number of hydrogen-bond acceptors (Lipinski definition) is 4. The van der Waals surface area contributed by atoms with E-state index >= 15 is 0 Å². The maximum Gasteiger partial charge on any atom is 0.216 e. The molecule has 6 heteroatoms. The van der Waals surface area contributed by atoms with Crippen LogP contribution in [0.15, 0.2) is 59.7 Å². The van der Waals surface area contributed by atoms with E-state index in [1.165, 1.54) is 0 Å². The predicted molar refractivity (Wildman–Crippen MR) is 104 cm³/mol. The van der Waals surface area contributed by atoms with Crippen molar-refractivity contribution in [2.75, 3.05) is 7.11 Å². The topological polar surface area (TPSA) is 55.2 Å². The van der Waals surface area contributed by atoms with Crippen molar-refractivity contribution in [1.82, 2.24) is 14.9 Å². The SMILES string of the molecule is COc1ccccc1C=CC=Nn1c(-c2cccc(C)c2)n[nH]c1=S. The maximum absolute atomic E-state index is 5.32. The molecular weight excluding hydrogens is 332 g/mol. The van der Waals surface area contributed by atoms with Crippen LogP contribution < -0.4 is 4.74 Å². The molecule has 0 aliphatic heterocycles. The molecule has 3 rings (SSSR count). The minimum atomic E-state index is 0.443. The summed E-state index contributed by atoms with van der Waals surface area (Å²) >= 11 is 5.28. The van der Waals surface area contributed by atoms with Crippen molar-refractivity contribution in [3.05, 3.63) is 70.5 Å². The van der Waals surface area contributed by atoms with Gasteiger partial charge in [-0.05, 0) is 43.4 Å². The highest BCUT2D eigenvalue weighted by Gasteiger charge is 2.07. The number of aromatic amines is 1. The number of para-hydroxylation sites is 1. The van der Waals surface area contributed by atoms with Gasteiger partial charge in [-0.15, -0.1) is 0 Å². The van der Waals surface area contributed by atoms with Crippen molar-refractivity contribution in [2.45, 2.75) is 6.92 Å². The van der Waals surface area contributed by atoms with Gasteiger partial charge in [0.05, 0.1) is 7.11 Å². The molecule has 1 heterocycles. The normalized spacial score (nSPS) is 11.4. The van der Waals surface area contributed by atoms with Crippen LogP contribution >= 0.6 is 12.2 Å². The van der Waals surface area contributed by atoms with E-state index in [9.17, 15) is 0 Å². The molecule has 0 aliphatic carbocycles. The summed E-state index contributed by atoms with van der Waals surface area (Å²) in [6.07, 6.45) is 5.45. The number of methoxy groups -OCH3 is 1. The van der Waals surface area contributed by atoms with Crippen LogP contribution in [-0.4, -0.2) is 28.2 Å². The van der Waals surface area contributed by atoms with Crippen molar-refractivity contribution < 1.29 is 4.74 Å². The van der Waals surface area contributed by atoms with Gasteiger partial charge in [0.1, 0.15) is 5.75 Å². The molecule has 0 saturated heterocycles. The quantitative estimate of drug-likeness (QED) is 0.545. The van der Waals surface area contributed by atoms with E-state index in [0.717, 1.165) is 22.4 Å². The second-order valence-electron chi connectivity index (χ2n) is 5.40. The average Bonchev–Trinajstić information content (AvgIpc) is 3.00. The van der Waals surface area contributed by atoms with Gasteiger partial charge in [0, 0.05) is 17.3 Å². The second kappa shape index (κ2) is 7.72. The number of aromatic nitrogens is 3. The van der Waals surface area contributed by atoms with Gasteiger partial charge in [0.25, 0.3) is 0 Å². The lowest BCUT2D eigenvalue weighted by atomic mass is 10.1. The highest BCUT2D eigenvalue weighted by molar-refractivity contribution is 7.71. The van der Waals surface area contributed by atoms with Crippen molar-refractivity contribution in [2.24, 2.45) is 5.10 Å². The summed E-state index contributed by atoms with van der Waals surface area (Å²) in [5.41, 5.74) is 3.09. The Morgan fingerprint density at radius 1 is 1.20 bits per heavy atom. The van der Waals surface area contributed by atoms with Gasteiger partial charge >= 0.3 is 0 Å². The zero-order valence-corrected chi connectivity index (χ0v) is 14.8. The summed E-state index contributed by atoms with van der Waals surface area (Å²) in [6, 6.07) is 15.8. The fraction of sp³-hybridized carbons (Fsp3) is 0.105. The monoisotopic (exact) mass is 350 g/mol. The first-order valence-electron chi connectivity index (χ1n) is 7.77. The number of ether oxygens (including phenoxy) is 1. The molecule has 2 aromatic carbocycles. The molecule has 0 amide bonds. The summed E-state index contributed by atoms with van der Waals surface area (Å²) in [4.78, 5) is 0. The van der Waals surface area contributed by atoms with E-state index in [2.05, 4.69) is 15.3 Å². The standard InChI is InChI=1S/C19H18N4OS/c1-14-7-5-9-16(13-14)18-21-22-19(25)23(18)20-12-6-10-15-8-3-4-11-17(15)24-2/h3-13H,1-2H3,(H,22,25). The highest BCUT2D eigenvalue weighted by atomic mass is 32.1. The molecule has 0 aliphatic rings. The zero-order valence-electron chi connectivity index (χ0n) is 14.0. The molecule has 0 unspecified atom stereocenters. The van der Waals surface area contributed by atoms with E-state index in [1.54, 1.807) is 18.0 Å². The summed E-state index contributed by atoms with van der Waals surface area (Å²) in [5.74, 6) is 1.49. The molecule has 25 heavy (non-hydrogen) atoms. The Labute approximate surface area is 151 Å². The maximum atomic E-state index is 5.32. The second-order valence-corrected chi connectivity index (χ2v) is 5.79. The first-order valence-corrected chi connectivity index (χ1v) is 8.18. The Morgan fingerprint density at radius 2 is 2.04 bits per heavy atom. The van der Waals surface area contributed by atoms with Crippen LogP contribution in [0.4, 0.5) is 0 Å². The molecular formula is C19H18N4OS. The Kier molecular flexibility index (Phi) is 5.20. The first-order chi connectivity index (χ1) is 12.2. The number of nitrogens with one attached hydrogen (secondary N) is 1. The molecule has 0 saturated carbocycles. The zero-order chi connectivity index (χ0) is 17.6. The van der Waals surface area contributed by atoms with Crippen molar-refractivity contribution >= 4 is 24.5 Å². The van der Waals surface area contributed by atoms with E-state index in [4.69, 9.17) is 17.0 Å². The minimum absolute atomic E-state index is 0.443. The van der Waals surface area contributed by atoms with Crippen molar-refractivity contribution in [3.63, 3.8) is 0 Å². The van der Waals surface area contributed by atoms with Crippen LogP contribution in [0.1, 0.15) is 11.1 Å². The summed E-state index contributed by atoms with van der Waals surface area (Å²) in [6.45, 7) is 2.04. The van der Waals surface area contributed by atoms with Gasteiger partial charge in [-0.3, -0.25) is 0 Å². The van der Waals surface area contributed by atoms with E-state index in [-0.39, 0.29) is 0 Å². The summed E-state index contributed by atoms with van der Waals surface area (Å²) in [7, 11) is 1.65. The molecule has 126 valence electrons. The molecule has 0 spiro atoms. The first kappa shape index (κ1) is 16.9. The lowest BCUT2D eigenvalue weighted by molar-refractivity contribution is 0.414. The third-order valence-electron chi connectivity index (χ3n) is 3.61. The minimum Gasteiger partial charge on any atom is -0.496 e. The Morgan fingerprint density at radius 3 is 2.84 bits per heavy atom. The van der Waals surface area contributed by atoms with E-state index in [0.29, 0.717) is 10.6 Å². The number of nitrogens with zero attached hydrogens (tertiary/aromatic N) is 3. The number of H-pyrrole nitrogens is 1. The van der Waals surface area contributed by atoms with Gasteiger partial charge in [-0.25, -0.2) is 5.10 Å². The van der Waals surface area contributed by atoms with Crippen LogP contribution in [0, 0.1) is 11.7 Å².